The number of nitrogens with zero attached hydrogens (tertiary/aromatic N) is 4. The number of carbonyl (C=O) groups is 3. The molecule has 5 unspecified atom stereocenters. The van der Waals surface area contributed by atoms with E-state index in [9.17, 15) is 27.6 Å². The summed E-state index contributed by atoms with van der Waals surface area (Å²) in [6, 6.07) is 4.23. The Bertz CT molecular complexity index is 1360. The van der Waals surface area contributed by atoms with Crippen LogP contribution in [0, 0.1) is 17.0 Å². The quantitative estimate of drug-likeness (QED) is 0.493. The Balaban J connectivity index is 1.31. The SMILES string of the molecule is CCC(C)C(NC(=O)c1ccc(-c2nc(N3CCN(C)CC3)sc2F)cc1)C(=O)N1CC(C(F)=CF)C2OCC(=O)C21. The number of likely N-dealkylation sites (N-methyl/N-ethyl adjacent to an activating group) is 1. The summed E-state index contributed by atoms with van der Waals surface area (Å²) in [6.45, 7) is 6.38. The fourth-order valence-corrected chi connectivity index (χ4v) is 6.54. The topological polar surface area (TPSA) is 95.1 Å². The number of rotatable bonds is 8. The molecule has 3 fully saturated rings. The van der Waals surface area contributed by atoms with Gasteiger partial charge in [-0.15, -0.1) is 0 Å². The first-order chi connectivity index (χ1) is 20.1. The van der Waals surface area contributed by atoms with Gasteiger partial charge in [-0.05, 0) is 25.1 Å². The number of halogens is 3. The average Bonchev–Trinajstić information content (AvgIpc) is 3.70. The first-order valence-electron chi connectivity index (χ1n) is 14.0. The zero-order valence-corrected chi connectivity index (χ0v) is 24.5. The summed E-state index contributed by atoms with van der Waals surface area (Å²) in [5, 5.41) is 2.98. The third kappa shape index (κ3) is 5.82. The highest BCUT2D eigenvalue weighted by Gasteiger charge is 2.54. The predicted octanol–water partition coefficient (Wildman–Crippen LogP) is 3.42. The van der Waals surface area contributed by atoms with Gasteiger partial charge in [0.15, 0.2) is 10.9 Å². The fraction of sp³-hybridized carbons (Fsp3) is 0.517. The standard InChI is InChI=1S/C29H34F3N5O4S/c1-4-16(2)22(28(40)37-14-19(20(31)13-30)25-24(37)21(38)15-41-25)33-27(39)18-7-5-17(6-8-18)23-26(32)42-29(34-23)36-11-9-35(3)10-12-36/h5-8,13,16,19,22,24-25H,4,9-12,14-15H2,1-3H3,(H,33,39). The molecule has 1 aromatic heterocycles. The highest BCUT2D eigenvalue weighted by Crippen LogP contribution is 2.37. The van der Waals surface area contributed by atoms with E-state index in [1.54, 1.807) is 19.1 Å². The summed E-state index contributed by atoms with van der Waals surface area (Å²) in [5.74, 6) is -4.00. The highest BCUT2D eigenvalue weighted by atomic mass is 32.1. The van der Waals surface area contributed by atoms with Crippen molar-refractivity contribution in [3.8, 4) is 11.3 Å². The van der Waals surface area contributed by atoms with E-state index in [1.807, 2.05) is 14.0 Å². The zero-order valence-electron chi connectivity index (χ0n) is 23.7. The Morgan fingerprint density at radius 3 is 2.55 bits per heavy atom. The molecule has 42 heavy (non-hydrogen) atoms. The number of ketones is 1. The van der Waals surface area contributed by atoms with Crippen LogP contribution in [0.3, 0.4) is 0 Å². The first kappa shape index (κ1) is 30.2. The van der Waals surface area contributed by atoms with Crippen LogP contribution < -0.4 is 10.2 Å². The third-order valence-corrected chi connectivity index (χ3v) is 9.37. The second-order valence-corrected chi connectivity index (χ2v) is 12.0. The number of benzene rings is 1. The number of fused-ring (bicyclic) bond motifs is 1. The lowest BCUT2D eigenvalue weighted by molar-refractivity contribution is -0.139. The smallest absolute Gasteiger partial charge is 0.251 e. The molecule has 0 radical (unpaired) electrons. The minimum atomic E-state index is -1.10. The molecule has 0 spiro atoms. The van der Waals surface area contributed by atoms with Gasteiger partial charge in [-0.2, -0.15) is 4.39 Å². The molecule has 1 N–H and O–H groups in total. The Morgan fingerprint density at radius 1 is 1.21 bits per heavy atom. The van der Waals surface area contributed by atoms with E-state index in [0.29, 0.717) is 17.1 Å². The maximum atomic E-state index is 14.9. The summed E-state index contributed by atoms with van der Waals surface area (Å²) in [4.78, 5) is 49.5. The van der Waals surface area contributed by atoms with Crippen molar-refractivity contribution in [2.45, 2.75) is 38.5 Å². The second-order valence-electron chi connectivity index (χ2n) is 11.1. The molecular formula is C29H34F3N5O4S. The van der Waals surface area contributed by atoms with Gasteiger partial charge in [-0.1, -0.05) is 43.7 Å². The van der Waals surface area contributed by atoms with E-state index < -0.39 is 52.7 Å². The van der Waals surface area contributed by atoms with Gasteiger partial charge in [0, 0.05) is 43.9 Å². The molecule has 3 aliphatic rings. The largest absolute Gasteiger partial charge is 0.367 e. The van der Waals surface area contributed by atoms with Gasteiger partial charge in [0.1, 0.15) is 36.5 Å². The minimum Gasteiger partial charge on any atom is -0.367 e. The molecule has 3 aliphatic heterocycles. The number of amides is 2. The van der Waals surface area contributed by atoms with Crippen LogP contribution in [0.5, 0.6) is 0 Å². The first-order valence-corrected chi connectivity index (χ1v) is 14.9. The molecule has 13 heteroatoms. The molecule has 4 heterocycles. The van der Waals surface area contributed by atoms with Gasteiger partial charge < -0.3 is 24.8 Å². The summed E-state index contributed by atoms with van der Waals surface area (Å²) >= 11 is 0.994. The molecule has 0 saturated carbocycles. The molecule has 3 saturated heterocycles. The zero-order chi connectivity index (χ0) is 30.1. The van der Waals surface area contributed by atoms with Crippen molar-refractivity contribution in [2.24, 2.45) is 11.8 Å². The normalized spacial score (nSPS) is 24.6. The van der Waals surface area contributed by atoms with Crippen molar-refractivity contribution < 1.29 is 32.3 Å². The van der Waals surface area contributed by atoms with Crippen LogP contribution in [0.15, 0.2) is 36.4 Å². The molecule has 2 amide bonds. The van der Waals surface area contributed by atoms with Crippen molar-refractivity contribution in [3.63, 3.8) is 0 Å². The fourth-order valence-electron chi connectivity index (χ4n) is 5.67. The Hall–Kier alpha value is -3.29. The number of hydrogen-bond donors (Lipinski definition) is 1. The van der Waals surface area contributed by atoms with Crippen LogP contribution in [-0.4, -0.2) is 96.9 Å². The van der Waals surface area contributed by atoms with E-state index in [4.69, 9.17) is 4.74 Å². The Labute approximate surface area is 246 Å². The lowest BCUT2D eigenvalue weighted by Crippen LogP contribution is -2.54. The number of thiazole rings is 1. The number of piperazine rings is 1. The van der Waals surface area contributed by atoms with E-state index in [-0.39, 0.29) is 36.7 Å². The lowest BCUT2D eigenvalue weighted by atomic mass is 9.96. The minimum absolute atomic E-state index is 0.176. The number of ether oxygens (including phenoxy) is 1. The molecule has 0 aliphatic carbocycles. The van der Waals surface area contributed by atoms with Gasteiger partial charge in [0.2, 0.25) is 11.0 Å². The van der Waals surface area contributed by atoms with Gasteiger partial charge in [-0.3, -0.25) is 14.4 Å². The highest BCUT2D eigenvalue weighted by molar-refractivity contribution is 7.14. The van der Waals surface area contributed by atoms with Gasteiger partial charge >= 0.3 is 0 Å². The third-order valence-electron chi connectivity index (χ3n) is 8.46. The van der Waals surface area contributed by atoms with Crippen LogP contribution >= 0.6 is 11.3 Å². The number of aromatic nitrogens is 1. The number of carbonyl (C=O) groups excluding carboxylic acids is 3. The van der Waals surface area contributed by atoms with E-state index in [1.165, 1.54) is 17.0 Å². The monoisotopic (exact) mass is 605 g/mol. The van der Waals surface area contributed by atoms with Crippen molar-refractivity contribution in [3.05, 3.63) is 47.1 Å². The predicted molar refractivity (Wildman–Crippen MR) is 152 cm³/mol. The van der Waals surface area contributed by atoms with Crippen LogP contribution in [0.4, 0.5) is 18.3 Å². The van der Waals surface area contributed by atoms with Crippen LogP contribution in [0.25, 0.3) is 11.3 Å². The Morgan fingerprint density at radius 2 is 1.90 bits per heavy atom. The maximum absolute atomic E-state index is 14.9. The van der Waals surface area contributed by atoms with Gasteiger partial charge in [-0.25, -0.2) is 13.8 Å². The average molecular weight is 606 g/mol. The summed E-state index contributed by atoms with van der Waals surface area (Å²) in [6.07, 6.45) is -0.621. The molecule has 226 valence electrons. The van der Waals surface area contributed by atoms with Crippen molar-refractivity contribution in [2.75, 3.05) is 51.3 Å². The van der Waals surface area contributed by atoms with Crippen molar-refractivity contribution in [1.29, 1.82) is 0 Å². The number of Topliss-reactive ketones (excluding diaryl/α,β-unsaturated/α-hetero) is 1. The molecular weight excluding hydrogens is 571 g/mol. The van der Waals surface area contributed by atoms with E-state index in [2.05, 4.69) is 20.1 Å². The molecule has 9 nitrogen and oxygen atoms in total. The number of hydrogen-bond acceptors (Lipinski definition) is 8. The summed E-state index contributed by atoms with van der Waals surface area (Å²) in [7, 11) is 2.04. The molecule has 5 atom stereocenters. The van der Waals surface area contributed by atoms with Crippen LogP contribution in [-0.2, 0) is 14.3 Å². The Kier molecular flexibility index (Phi) is 9.00. The van der Waals surface area contributed by atoms with Crippen molar-refractivity contribution >= 4 is 34.1 Å². The van der Waals surface area contributed by atoms with E-state index in [0.717, 1.165) is 37.5 Å². The molecule has 5 rings (SSSR count). The number of anilines is 1. The van der Waals surface area contributed by atoms with Crippen LogP contribution in [0.2, 0.25) is 0 Å². The number of likely N-dealkylation sites (tertiary alicyclic amines) is 1. The summed E-state index contributed by atoms with van der Waals surface area (Å²) < 4.78 is 47.5. The lowest BCUT2D eigenvalue weighted by Gasteiger charge is -2.31. The second kappa shape index (κ2) is 12.5. The summed E-state index contributed by atoms with van der Waals surface area (Å²) in [5.41, 5.74) is 0.982. The molecule has 0 bridgehead atoms. The maximum Gasteiger partial charge on any atom is 0.251 e. The van der Waals surface area contributed by atoms with Crippen LogP contribution in [0.1, 0.15) is 30.6 Å². The number of nitrogens with one attached hydrogen (secondary N) is 1. The van der Waals surface area contributed by atoms with Crippen molar-refractivity contribution in [1.82, 2.24) is 20.1 Å². The molecule has 1 aromatic carbocycles. The van der Waals surface area contributed by atoms with Gasteiger partial charge in [0.05, 0.1) is 12.0 Å². The molecule has 2 aromatic rings. The van der Waals surface area contributed by atoms with Gasteiger partial charge in [0.25, 0.3) is 5.91 Å². The van der Waals surface area contributed by atoms with E-state index >= 15 is 0 Å².